The molecule has 0 unspecified atom stereocenters. The van der Waals surface area contributed by atoms with Gasteiger partial charge in [-0.2, -0.15) is 13.2 Å². The van der Waals surface area contributed by atoms with Gasteiger partial charge in [0, 0.05) is 41.5 Å². The minimum absolute atomic E-state index is 0.0512. The highest BCUT2D eigenvalue weighted by Crippen LogP contribution is 2.34. The quantitative estimate of drug-likeness (QED) is 0.457. The van der Waals surface area contributed by atoms with Crippen molar-refractivity contribution in [2.75, 3.05) is 17.7 Å². The van der Waals surface area contributed by atoms with Gasteiger partial charge in [0.1, 0.15) is 5.69 Å². The van der Waals surface area contributed by atoms with E-state index >= 15 is 0 Å². The normalized spacial score (nSPS) is 18.7. The van der Waals surface area contributed by atoms with Gasteiger partial charge >= 0.3 is 6.18 Å². The lowest BCUT2D eigenvalue weighted by atomic mass is 9.90. The molecular weight excluding hydrogens is 429 g/mol. The van der Waals surface area contributed by atoms with Gasteiger partial charge in [0.25, 0.3) is 5.91 Å². The highest BCUT2D eigenvalue weighted by atomic mass is 19.4. The number of carbonyl (C=O) groups is 1. The Balaban J connectivity index is 1.51. The zero-order valence-electron chi connectivity index (χ0n) is 18.6. The molecule has 174 valence electrons. The molecule has 1 aromatic heterocycles. The van der Waals surface area contributed by atoms with E-state index in [1.807, 2.05) is 32.2 Å². The SMILES string of the molecule is CNc1ccc(C(=O)N[C@@H]2CCC[C@H](Nc3cc(C(F)(F)F)nc4ccc(C)cc34)C2)cc1. The molecule has 0 aliphatic heterocycles. The summed E-state index contributed by atoms with van der Waals surface area (Å²) in [6.45, 7) is 1.90. The van der Waals surface area contributed by atoms with Gasteiger partial charge in [-0.25, -0.2) is 4.98 Å². The van der Waals surface area contributed by atoms with Gasteiger partial charge in [-0.3, -0.25) is 4.79 Å². The number of aryl methyl sites for hydroxylation is 1. The van der Waals surface area contributed by atoms with E-state index in [1.54, 1.807) is 24.3 Å². The Labute approximate surface area is 190 Å². The van der Waals surface area contributed by atoms with Gasteiger partial charge in [0.2, 0.25) is 0 Å². The molecule has 0 radical (unpaired) electrons. The number of rotatable bonds is 5. The van der Waals surface area contributed by atoms with Crippen molar-refractivity contribution in [2.45, 2.75) is 50.9 Å². The van der Waals surface area contributed by atoms with Crippen LogP contribution in [0.1, 0.15) is 47.3 Å². The molecule has 5 nitrogen and oxygen atoms in total. The molecule has 0 spiro atoms. The molecule has 1 aliphatic carbocycles. The summed E-state index contributed by atoms with van der Waals surface area (Å²) in [6, 6.07) is 13.4. The number of aromatic nitrogens is 1. The number of hydrogen-bond acceptors (Lipinski definition) is 4. The molecule has 2 atom stereocenters. The van der Waals surface area contributed by atoms with Crippen molar-refractivity contribution in [1.29, 1.82) is 0 Å². The summed E-state index contributed by atoms with van der Waals surface area (Å²) in [6.07, 6.45) is -1.36. The average molecular weight is 457 g/mol. The summed E-state index contributed by atoms with van der Waals surface area (Å²) in [4.78, 5) is 16.5. The number of alkyl halides is 3. The van der Waals surface area contributed by atoms with Crippen molar-refractivity contribution >= 4 is 28.2 Å². The van der Waals surface area contributed by atoms with Gasteiger partial charge < -0.3 is 16.0 Å². The molecule has 1 aliphatic rings. The Kier molecular flexibility index (Phi) is 6.44. The minimum atomic E-state index is -4.53. The highest BCUT2D eigenvalue weighted by molar-refractivity contribution is 5.95. The molecule has 1 saturated carbocycles. The van der Waals surface area contributed by atoms with Crippen LogP contribution in [-0.4, -0.2) is 30.0 Å². The van der Waals surface area contributed by atoms with E-state index in [2.05, 4.69) is 20.9 Å². The number of nitrogens with one attached hydrogen (secondary N) is 3. The molecule has 3 aromatic rings. The Bertz CT molecular complexity index is 1140. The lowest BCUT2D eigenvalue weighted by molar-refractivity contribution is -0.140. The largest absolute Gasteiger partial charge is 0.433 e. The molecule has 2 aromatic carbocycles. The lowest BCUT2D eigenvalue weighted by Crippen LogP contribution is -2.41. The third kappa shape index (κ3) is 5.38. The predicted molar refractivity (Wildman–Crippen MR) is 125 cm³/mol. The fourth-order valence-corrected chi connectivity index (χ4v) is 4.33. The summed E-state index contributed by atoms with van der Waals surface area (Å²) in [5, 5.41) is 10.1. The average Bonchev–Trinajstić information content (AvgIpc) is 2.79. The second-order valence-electron chi connectivity index (χ2n) is 8.58. The maximum absolute atomic E-state index is 13.4. The first-order chi connectivity index (χ1) is 15.7. The summed E-state index contributed by atoms with van der Waals surface area (Å²) < 4.78 is 40.3. The topological polar surface area (TPSA) is 66.1 Å². The molecule has 0 saturated heterocycles. The van der Waals surface area contributed by atoms with Crippen molar-refractivity contribution in [1.82, 2.24) is 10.3 Å². The zero-order valence-corrected chi connectivity index (χ0v) is 18.6. The molecule has 0 bridgehead atoms. The molecular formula is C25H27F3N4O. The third-order valence-electron chi connectivity index (χ3n) is 6.06. The predicted octanol–water partition coefficient (Wildman–Crippen LogP) is 5.76. The maximum Gasteiger partial charge on any atom is 0.433 e. The molecule has 3 N–H and O–H groups in total. The van der Waals surface area contributed by atoms with Crippen LogP contribution in [0.2, 0.25) is 0 Å². The van der Waals surface area contributed by atoms with E-state index in [0.717, 1.165) is 36.6 Å². The van der Waals surface area contributed by atoms with Crippen molar-refractivity contribution in [3.8, 4) is 0 Å². The minimum Gasteiger partial charge on any atom is -0.388 e. The summed E-state index contributed by atoms with van der Waals surface area (Å²) in [5.74, 6) is -0.146. The lowest BCUT2D eigenvalue weighted by Gasteiger charge is -2.31. The molecule has 1 amide bonds. The second-order valence-corrected chi connectivity index (χ2v) is 8.58. The number of pyridine rings is 1. The van der Waals surface area contributed by atoms with Crippen LogP contribution in [0.25, 0.3) is 10.9 Å². The van der Waals surface area contributed by atoms with E-state index in [4.69, 9.17) is 0 Å². The van der Waals surface area contributed by atoms with Gasteiger partial charge in [-0.15, -0.1) is 0 Å². The van der Waals surface area contributed by atoms with Crippen molar-refractivity contribution in [3.63, 3.8) is 0 Å². The highest BCUT2D eigenvalue weighted by Gasteiger charge is 2.34. The first-order valence-corrected chi connectivity index (χ1v) is 11.1. The van der Waals surface area contributed by atoms with E-state index in [1.165, 1.54) is 0 Å². The number of amides is 1. The number of benzene rings is 2. The smallest absolute Gasteiger partial charge is 0.388 e. The molecule has 1 heterocycles. The van der Waals surface area contributed by atoms with Crippen LogP contribution in [-0.2, 0) is 6.18 Å². The molecule has 4 rings (SSSR count). The van der Waals surface area contributed by atoms with Gasteiger partial charge in [0.05, 0.1) is 5.52 Å². The summed E-state index contributed by atoms with van der Waals surface area (Å²) in [7, 11) is 1.81. The Morgan fingerprint density at radius 1 is 1.03 bits per heavy atom. The zero-order chi connectivity index (χ0) is 23.6. The maximum atomic E-state index is 13.4. The van der Waals surface area contributed by atoms with E-state index in [0.29, 0.717) is 28.6 Å². The fourth-order valence-electron chi connectivity index (χ4n) is 4.33. The third-order valence-corrected chi connectivity index (χ3v) is 6.06. The van der Waals surface area contributed by atoms with Crippen LogP contribution in [0.5, 0.6) is 0 Å². The first kappa shape index (κ1) is 22.9. The van der Waals surface area contributed by atoms with E-state index < -0.39 is 11.9 Å². The Morgan fingerprint density at radius 3 is 2.45 bits per heavy atom. The Hall–Kier alpha value is -3.29. The van der Waals surface area contributed by atoms with Crippen LogP contribution in [0.3, 0.4) is 0 Å². The van der Waals surface area contributed by atoms with Crippen LogP contribution >= 0.6 is 0 Å². The monoisotopic (exact) mass is 456 g/mol. The van der Waals surface area contributed by atoms with Crippen LogP contribution < -0.4 is 16.0 Å². The van der Waals surface area contributed by atoms with E-state index in [9.17, 15) is 18.0 Å². The number of anilines is 2. The summed E-state index contributed by atoms with van der Waals surface area (Å²) >= 11 is 0. The van der Waals surface area contributed by atoms with Crippen LogP contribution in [0.15, 0.2) is 48.5 Å². The molecule has 1 fully saturated rings. The van der Waals surface area contributed by atoms with Gasteiger partial charge in [-0.05, 0) is 75.1 Å². The van der Waals surface area contributed by atoms with E-state index in [-0.39, 0.29) is 18.0 Å². The van der Waals surface area contributed by atoms with Crippen molar-refractivity contribution in [3.05, 3.63) is 65.4 Å². The van der Waals surface area contributed by atoms with Crippen molar-refractivity contribution < 1.29 is 18.0 Å². The van der Waals surface area contributed by atoms with Gasteiger partial charge in [-0.1, -0.05) is 11.6 Å². The first-order valence-electron chi connectivity index (χ1n) is 11.1. The number of hydrogen-bond donors (Lipinski definition) is 3. The molecule has 33 heavy (non-hydrogen) atoms. The molecule has 8 heteroatoms. The second kappa shape index (κ2) is 9.29. The van der Waals surface area contributed by atoms with Crippen LogP contribution in [0.4, 0.5) is 24.5 Å². The van der Waals surface area contributed by atoms with Crippen LogP contribution in [0, 0.1) is 6.92 Å². The number of nitrogens with zero attached hydrogens (tertiary/aromatic N) is 1. The number of fused-ring (bicyclic) bond motifs is 1. The number of carbonyl (C=O) groups excluding carboxylic acids is 1. The fraction of sp³-hybridized carbons (Fsp3) is 0.360. The van der Waals surface area contributed by atoms with Crippen molar-refractivity contribution in [2.24, 2.45) is 0 Å². The number of halogens is 3. The van der Waals surface area contributed by atoms with Gasteiger partial charge in [0.15, 0.2) is 0 Å². The standard InChI is InChI=1S/C25H27F3N4O/c1-15-6-11-21-20(12-15)22(14-23(32-21)25(26,27)28)30-18-4-3-5-19(13-18)31-24(33)16-7-9-17(29-2)10-8-16/h6-12,14,18-19,29H,3-5,13H2,1-2H3,(H,30,32)(H,31,33)/t18-,19+/m0/s1. The summed E-state index contributed by atoms with van der Waals surface area (Å²) in [5.41, 5.74) is 2.28. The Morgan fingerprint density at radius 2 is 1.76 bits per heavy atom.